The van der Waals surface area contributed by atoms with Gasteiger partial charge in [0.1, 0.15) is 0 Å². The van der Waals surface area contributed by atoms with Gasteiger partial charge in [-0.3, -0.25) is 4.79 Å². The van der Waals surface area contributed by atoms with E-state index in [2.05, 4.69) is 20.8 Å². The summed E-state index contributed by atoms with van der Waals surface area (Å²) in [5.74, 6) is 1.32. The van der Waals surface area contributed by atoms with E-state index in [9.17, 15) is 4.79 Å². The number of rotatable bonds is 4. The largest absolute Gasteiger partial charge is 0.435 e. The highest BCUT2D eigenvalue weighted by molar-refractivity contribution is 5.66. The summed E-state index contributed by atoms with van der Waals surface area (Å²) < 4.78 is 4.80. The molecule has 1 aliphatic rings. The molecule has 0 radical (unpaired) electrons. The van der Waals surface area contributed by atoms with Gasteiger partial charge in [0.2, 0.25) is 0 Å². The van der Waals surface area contributed by atoms with Crippen LogP contribution in [0.3, 0.4) is 0 Å². The molecule has 0 spiro atoms. The fraction of sp³-hybridized carbons (Fsp3) is 0.667. The number of esters is 1. The quantitative estimate of drug-likeness (QED) is 0.415. The van der Waals surface area contributed by atoms with Gasteiger partial charge in [-0.15, -0.1) is 0 Å². The zero-order valence-corrected chi connectivity index (χ0v) is 11.5. The Kier molecular flexibility index (Phi) is 5.46. The third kappa shape index (κ3) is 4.76. The highest BCUT2D eigenvalue weighted by atomic mass is 16.5. The minimum atomic E-state index is -0.254. The first-order valence-electron chi connectivity index (χ1n) is 6.50. The van der Waals surface area contributed by atoms with Crippen LogP contribution in [-0.2, 0) is 9.53 Å². The van der Waals surface area contributed by atoms with E-state index in [4.69, 9.17) is 4.74 Å². The van der Waals surface area contributed by atoms with E-state index in [1.54, 1.807) is 0 Å². The Bertz CT molecular complexity index is 324. The molecule has 0 saturated carbocycles. The smallest absolute Gasteiger partial charge is 0.307 e. The van der Waals surface area contributed by atoms with Gasteiger partial charge in [0.15, 0.2) is 0 Å². The molecule has 0 bridgehead atoms. The van der Waals surface area contributed by atoms with Crippen LogP contribution in [0.4, 0.5) is 0 Å². The lowest BCUT2D eigenvalue weighted by Gasteiger charge is -2.28. The average molecular weight is 236 g/mol. The Morgan fingerprint density at radius 1 is 1.53 bits per heavy atom. The maximum atomic E-state index is 10.6. The zero-order chi connectivity index (χ0) is 12.8. The van der Waals surface area contributed by atoms with E-state index >= 15 is 0 Å². The Balaban J connectivity index is 2.50. The molecule has 17 heavy (non-hydrogen) atoms. The van der Waals surface area contributed by atoms with Crippen LogP contribution in [0.5, 0.6) is 0 Å². The van der Waals surface area contributed by atoms with E-state index < -0.39 is 0 Å². The van der Waals surface area contributed by atoms with Crippen molar-refractivity contribution in [3.63, 3.8) is 0 Å². The monoisotopic (exact) mass is 236 g/mol. The summed E-state index contributed by atoms with van der Waals surface area (Å²) in [7, 11) is 0. The van der Waals surface area contributed by atoms with E-state index in [1.165, 1.54) is 43.6 Å². The van der Waals surface area contributed by atoms with Crippen LogP contribution >= 0.6 is 0 Å². The Morgan fingerprint density at radius 3 is 2.82 bits per heavy atom. The predicted molar refractivity (Wildman–Crippen MR) is 70.4 cm³/mol. The van der Waals surface area contributed by atoms with Crippen molar-refractivity contribution in [2.45, 2.75) is 53.4 Å². The topological polar surface area (TPSA) is 26.3 Å². The molecule has 0 fully saturated rings. The molecule has 96 valence electrons. The molecule has 0 aliphatic heterocycles. The number of hydrogen-bond donors (Lipinski definition) is 0. The van der Waals surface area contributed by atoms with Crippen molar-refractivity contribution in [1.82, 2.24) is 0 Å². The van der Waals surface area contributed by atoms with Crippen LogP contribution in [0, 0.1) is 11.8 Å². The fourth-order valence-electron chi connectivity index (χ4n) is 2.33. The van der Waals surface area contributed by atoms with Crippen LogP contribution in [0.25, 0.3) is 0 Å². The number of carbonyl (C=O) groups excluding carboxylic acids is 1. The number of ether oxygens (including phenoxy) is 1. The van der Waals surface area contributed by atoms with Crippen molar-refractivity contribution < 1.29 is 9.53 Å². The predicted octanol–water partition coefficient (Wildman–Crippen LogP) is 4.23. The van der Waals surface area contributed by atoms with Gasteiger partial charge in [0.05, 0.1) is 6.26 Å². The number of allylic oxidation sites excluding steroid dienone is 3. The fourth-order valence-corrected chi connectivity index (χ4v) is 2.33. The second-order valence-corrected chi connectivity index (χ2v) is 5.32. The van der Waals surface area contributed by atoms with Gasteiger partial charge in [0, 0.05) is 6.92 Å². The van der Waals surface area contributed by atoms with Gasteiger partial charge in [-0.25, -0.2) is 0 Å². The van der Waals surface area contributed by atoms with E-state index in [-0.39, 0.29) is 5.97 Å². The summed E-state index contributed by atoms with van der Waals surface area (Å²) >= 11 is 0. The van der Waals surface area contributed by atoms with Gasteiger partial charge >= 0.3 is 5.97 Å². The van der Waals surface area contributed by atoms with Gasteiger partial charge < -0.3 is 4.74 Å². The molecular formula is C15H24O2. The van der Waals surface area contributed by atoms with E-state index in [1.807, 2.05) is 6.08 Å². The second-order valence-electron chi connectivity index (χ2n) is 5.32. The Hall–Kier alpha value is -1.05. The molecule has 0 aromatic carbocycles. The molecule has 1 atom stereocenters. The SMILES string of the molecule is CC(=O)OC=CCC1=C(C)CCC(C(C)C)C1. The molecular weight excluding hydrogens is 212 g/mol. The first-order valence-corrected chi connectivity index (χ1v) is 6.50. The minimum Gasteiger partial charge on any atom is -0.435 e. The van der Waals surface area contributed by atoms with Crippen LogP contribution in [0.2, 0.25) is 0 Å². The third-order valence-electron chi connectivity index (χ3n) is 3.64. The van der Waals surface area contributed by atoms with Crippen molar-refractivity contribution in [2.75, 3.05) is 0 Å². The van der Waals surface area contributed by atoms with Crippen molar-refractivity contribution >= 4 is 5.97 Å². The summed E-state index contributed by atoms with van der Waals surface area (Å²) in [5, 5.41) is 0. The van der Waals surface area contributed by atoms with E-state index in [0.717, 1.165) is 18.3 Å². The standard InChI is InChI=1S/C15H24O2/c1-11(2)14-8-7-12(3)15(10-14)6-5-9-17-13(4)16/h5,9,11,14H,6-8,10H2,1-4H3. The van der Waals surface area contributed by atoms with Gasteiger partial charge in [-0.1, -0.05) is 25.0 Å². The molecule has 1 aliphatic carbocycles. The van der Waals surface area contributed by atoms with Crippen molar-refractivity contribution in [3.05, 3.63) is 23.5 Å². The number of hydrogen-bond acceptors (Lipinski definition) is 2. The molecule has 1 unspecified atom stereocenters. The lowest BCUT2D eigenvalue weighted by atomic mass is 9.78. The normalized spacial score (nSPS) is 21.4. The lowest BCUT2D eigenvalue weighted by molar-refractivity contribution is -0.135. The summed E-state index contributed by atoms with van der Waals surface area (Å²) in [6, 6.07) is 0. The van der Waals surface area contributed by atoms with Gasteiger partial charge in [-0.05, 0) is 50.5 Å². The van der Waals surface area contributed by atoms with Gasteiger partial charge in [-0.2, -0.15) is 0 Å². The zero-order valence-electron chi connectivity index (χ0n) is 11.5. The van der Waals surface area contributed by atoms with Crippen LogP contribution in [0.15, 0.2) is 23.5 Å². The van der Waals surface area contributed by atoms with Crippen LogP contribution in [-0.4, -0.2) is 5.97 Å². The summed E-state index contributed by atoms with van der Waals surface area (Å²) in [6.45, 7) is 8.26. The Labute approximate surface area is 105 Å². The molecule has 0 saturated heterocycles. The molecule has 2 heteroatoms. The summed E-state index contributed by atoms with van der Waals surface area (Å²) in [4.78, 5) is 10.6. The molecule has 2 nitrogen and oxygen atoms in total. The average Bonchev–Trinajstić information content (AvgIpc) is 2.25. The first-order chi connectivity index (χ1) is 8.00. The van der Waals surface area contributed by atoms with Crippen molar-refractivity contribution in [1.29, 1.82) is 0 Å². The molecule has 0 N–H and O–H groups in total. The maximum absolute atomic E-state index is 10.6. The third-order valence-corrected chi connectivity index (χ3v) is 3.64. The van der Waals surface area contributed by atoms with Crippen LogP contribution < -0.4 is 0 Å². The molecule has 1 rings (SSSR count). The molecule has 0 heterocycles. The summed E-state index contributed by atoms with van der Waals surface area (Å²) in [5.41, 5.74) is 3.05. The summed E-state index contributed by atoms with van der Waals surface area (Å²) in [6.07, 6.45) is 8.13. The van der Waals surface area contributed by atoms with E-state index in [0.29, 0.717) is 0 Å². The first kappa shape index (κ1) is 14.0. The molecule has 0 aromatic heterocycles. The van der Waals surface area contributed by atoms with Crippen LogP contribution in [0.1, 0.15) is 53.4 Å². The minimum absolute atomic E-state index is 0.254. The Morgan fingerprint density at radius 2 is 2.24 bits per heavy atom. The maximum Gasteiger partial charge on any atom is 0.307 e. The second kappa shape index (κ2) is 6.63. The highest BCUT2D eigenvalue weighted by Crippen LogP contribution is 2.35. The van der Waals surface area contributed by atoms with Crippen molar-refractivity contribution in [2.24, 2.45) is 11.8 Å². The number of carbonyl (C=O) groups is 1. The highest BCUT2D eigenvalue weighted by Gasteiger charge is 2.20. The molecule has 0 amide bonds. The molecule has 0 aromatic rings. The van der Waals surface area contributed by atoms with Gasteiger partial charge in [0.25, 0.3) is 0 Å². The lowest BCUT2D eigenvalue weighted by Crippen LogP contribution is -2.14. The van der Waals surface area contributed by atoms with Crippen molar-refractivity contribution in [3.8, 4) is 0 Å².